The van der Waals surface area contributed by atoms with Gasteiger partial charge < -0.3 is 4.42 Å². The lowest BCUT2D eigenvalue weighted by atomic mass is 10.2. The lowest BCUT2D eigenvalue weighted by Gasteiger charge is -2.21. The Labute approximate surface area is 132 Å². The van der Waals surface area contributed by atoms with Crippen LogP contribution in [0.1, 0.15) is 29.3 Å². The van der Waals surface area contributed by atoms with Crippen LogP contribution in [-0.2, 0) is 6.54 Å². The Morgan fingerprint density at radius 1 is 1.24 bits per heavy atom. The van der Waals surface area contributed by atoms with E-state index < -0.39 is 0 Å². The third kappa shape index (κ3) is 3.07. The normalized spacial score (nSPS) is 13.0. The van der Waals surface area contributed by atoms with Crippen LogP contribution in [0.2, 0.25) is 0 Å². The molecule has 0 spiro atoms. The smallest absolute Gasteiger partial charge is 0.257 e. The maximum atomic E-state index is 5.81. The van der Waals surface area contributed by atoms with E-state index in [2.05, 4.69) is 47.4 Å². The summed E-state index contributed by atoms with van der Waals surface area (Å²) in [4.78, 5) is 4.62. The fourth-order valence-corrected chi connectivity index (χ4v) is 3.63. The zero-order valence-corrected chi connectivity index (χ0v) is 13.9. The van der Waals surface area contributed by atoms with Crippen LogP contribution in [0.5, 0.6) is 0 Å². The van der Waals surface area contributed by atoms with Crippen LogP contribution in [0.3, 0.4) is 0 Å². The van der Waals surface area contributed by atoms with Crippen molar-refractivity contribution in [3.05, 3.63) is 45.3 Å². The minimum atomic E-state index is 0.0905. The van der Waals surface area contributed by atoms with Crippen molar-refractivity contribution in [2.75, 3.05) is 7.05 Å². The highest BCUT2D eigenvalue weighted by atomic mass is 32.1. The minimum absolute atomic E-state index is 0.0905. The van der Waals surface area contributed by atoms with Crippen molar-refractivity contribution in [1.29, 1.82) is 0 Å². The fraction of sp³-hybridized carbons (Fsp3) is 0.333. The highest BCUT2D eigenvalue weighted by molar-refractivity contribution is 7.13. The van der Waals surface area contributed by atoms with Crippen LogP contribution < -0.4 is 0 Å². The second-order valence-electron chi connectivity index (χ2n) is 5.04. The summed E-state index contributed by atoms with van der Waals surface area (Å²) in [6.07, 6.45) is 0. The molecule has 0 aliphatic heterocycles. The van der Waals surface area contributed by atoms with E-state index in [9.17, 15) is 0 Å². The Balaban J connectivity index is 1.73. The molecular weight excluding hydrogens is 302 g/mol. The number of hydrogen-bond donors (Lipinski definition) is 0. The summed E-state index contributed by atoms with van der Waals surface area (Å²) in [5.41, 5.74) is 1.34. The Bertz CT molecular complexity index is 702. The first-order valence-electron chi connectivity index (χ1n) is 6.75. The monoisotopic (exact) mass is 319 g/mol. The maximum absolute atomic E-state index is 5.81. The summed E-state index contributed by atoms with van der Waals surface area (Å²) in [5.74, 6) is 1.27. The molecule has 0 bridgehead atoms. The Morgan fingerprint density at radius 3 is 2.76 bits per heavy atom. The van der Waals surface area contributed by atoms with Crippen LogP contribution in [-0.4, -0.2) is 22.1 Å². The summed E-state index contributed by atoms with van der Waals surface area (Å²) in [7, 11) is 2.08. The first kappa shape index (κ1) is 14.4. The van der Waals surface area contributed by atoms with Crippen LogP contribution in [0.15, 0.2) is 33.4 Å². The lowest BCUT2D eigenvalue weighted by molar-refractivity contribution is 0.219. The molecule has 0 radical (unpaired) electrons. The van der Waals surface area contributed by atoms with Gasteiger partial charge in [-0.15, -0.1) is 32.9 Å². The molecule has 4 nitrogen and oxygen atoms in total. The molecule has 0 aliphatic rings. The van der Waals surface area contributed by atoms with Crippen molar-refractivity contribution in [2.24, 2.45) is 0 Å². The van der Waals surface area contributed by atoms with Gasteiger partial charge in [0.25, 0.3) is 5.89 Å². The molecular formula is C15H17N3OS2. The number of thiophene rings is 2. The summed E-state index contributed by atoms with van der Waals surface area (Å²) in [6.45, 7) is 5.13. The molecule has 6 heteroatoms. The van der Waals surface area contributed by atoms with Gasteiger partial charge in [-0.2, -0.15) is 0 Å². The molecule has 0 saturated carbocycles. The van der Waals surface area contributed by atoms with Gasteiger partial charge in [0.15, 0.2) is 0 Å². The highest BCUT2D eigenvalue weighted by Gasteiger charge is 2.20. The first-order valence-corrected chi connectivity index (χ1v) is 8.51. The van der Waals surface area contributed by atoms with E-state index in [0.29, 0.717) is 11.8 Å². The Kier molecular flexibility index (Phi) is 4.19. The molecule has 3 aromatic rings. The number of hydrogen-bond acceptors (Lipinski definition) is 6. The molecule has 0 amide bonds. The molecule has 0 aliphatic carbocycles. The molecule has 0 aromatic carbocycles. The van der Waals surface area contributed by atoms with Crippen molar-refractivity contribution in [3.8, 4) is 10.8 Å². The van der Waals surface area contributed by atoms with Gasteiger partial charge in [0.1, 0.15) is 0 Å². The molecule has 0 saturated heterocycles. The maximum Gasteiger partial charge on any atom is 0.257 e. The third-order valence-corrected chi connectivity index (χ3v) is 5.42. The topological polar surface area (TPSA) is 42.2 Å². The van der Waals surface area contributed by atoms with Crippen molar-refractivity contribution in [1.82, 2.24) is 15.1 Å². The van der Waals surface area contributed by atoms with E-state index >= 15 is 0 Å². The summed E-state index contributed by atoms with van der Waals surface area (Å²) >= 11 is 3.39. The van der Waals surface area contributed by atoms with Gasteiger partial charge in [-0.25, -0.2) is 0 Å². The van der Waals surface area contributed by atoms with Gasteiger partial charge >= 0.3 is 0 Å². The van der Waals surface area contributed by atoms with Gasteiger partial charge in [-0.1, -0.05) is 6.07 Å². The van der Waals surface area contributed by atoms with Crippen LogP contribution >= 0.6 is 22.7 Å². The second kappa shape index (κ2) is 6.09. The Morgan fingerprint density at radius 2 is 2.10 bits per heavy atom. The highest BCUT2D eigenvalue weighted by Crippen LogP contribution is 2.27. The Hall–Kier alpha value is -1.50. The standard InChI is InChI=1S/C15H17N3OS2/c1-10-6-8-21-13(10)9-18(3)11(2)14-16-17-15(19-14)12-5-4-7-20-12/h4-8,11H,9H2,1-3H3/t11-/m1/s1. The molecule has 1 atom stereocenters. The predicted molar refractivity (Wildman–Crippen MR) is 86.5 cm³/mol. The summed E-state index contributed by atoms with van der Waals surface area (Å²) in [6, 6.07) is 6.22. The molecule has 0 unspecified atom stereocenters. The predicted octanol–water partition coefficient (Wildman–Crippen LogP) is 4.36. The molecule has 21 heavy (non-hydrogen) atoms. The number of aryl methyl sites for hydroxylation is 1. The first-order chi connectivity index (χ1) is 10.1. The van der Waals surface area contributed by atoms with Crippen molar-refractivity contribution in [2.45, 2.75) is 26.4 Å². The fourth-order valence-electron chi connectivity index (χ4n) is 2.02. The molecule has 3 rings (SSSR count). The van der Waals surface area contributed by atoms with Crippen molar-refractivity contribution >= 4 is 22.7 Å². The third-order valence-electron chi connectivity index (χ3n) is 3.55. The van der Waals surface area contributed by atoms with Gasteiger partial charge in [0.2, 0.25) is 5.89 Å². The molecule has 0 fully saturated rings. The van der Waals surface area contributed by atoms with E-state index in [4.69, 9.17) is 4.42 Å². The second-order valence-corrected chi connectivity index (χ2v) is 6.99. The van der Waals surface area contributed by atoms with E-state index in [1.807, 2.05) is 17.5 Å². The van der Waals surface area contributed by atoms with Crippen LogP contribution in [0, 0.1) is 6.92 Å². The van der Waals surface area contributed by atoms with Gasteiger partial charge in [0, 0.05) is 11.4 Å². The molecule has 3 heterocycles. The average Bonchev–Trinajstić information content (AvgIpc) is 3.18. The van der Waals surface area contributed by atoms with Gasteiger partial charge in [-0.3, -0.25) is 4.90 Å². The summed E-state index contributed by atoms with van der Waals surface area (Å²) in [5, 5.41) is 12.5. The average molecular weight is 319 g/mol. The molecule has 110 valence electrons. The van der Waals surface area contributed by atoms with Crippen LogP contribution in [0.25, 0.3) is 10.8 Å². The minimum Gasteiger partial charge on any atom is -0.418 e. The van der Waals surface area contributed by atoms with Crippen molar-refractivity contribution < 1.29 is 4.42 Å². The quantitative estimate of drug-likeness (QED) is 0.700. The van der Waals surface area contributed by atoms with Crippen LogP contribution in [0.4, 0.5) is 0 Å². The number of nitrogens with zero attached hydrogens (tertiary/aromatic N) is 3. The SMILES string of the molecule is Cc1ccsc1CN(C)[C@H](C)c1nnc(-c2cccs2)o1. The lowest BCUT2D eigenvalue weighted by Crippen LogP contribution is -2.22. The summed E-state index contributed by atoms with van der Waals surface area (Å²) < 4.78 is 5.81. The zero-order chi connectivity index (χ0) is 14.8. The number of rotatable bonds is 5. The molecule has 0 N–H and O–H groups in total. The van der Waals surface area contributed by atoms with Crippen molar-refractivity contribution in [3.63, 3.8) is 0 Å². The van der Waals surface area contributed by atoms with E-state index in [1.165, 1.54) is 10.4 Å². The van der Waals surface area contributed by atoms with E-state index in [-0.39, 0.29) is 6.04 Å². The van der Waals surface area contributed by atoms with Gasteiger partial charge in [0.05, 0.1) is 10.9 Å². The van der Waals surface area contributed by atoms with E-state index in [1.54, 1.807) is 22.7 Å². The zero-order valence-electron chi connectivity index (χ0n) is 12.2. The molecule has 3 aromatic heterocycles. The largest absolute Gasteiger partial charge is 0.418 e. The van der Waals surface area contributed by atoms with E-state index in [0.717, 1.165) is 11.4 Å². The van der Waals surface area contributed by atoms with Gasteiger partial charge in [-0.05, 0) is 49.4 Å². The number of aromatic nitrogens is 2.